The summed E-state index contributed by atoms with van der Waals surface area (Å²) in [5.41, 5.74) is -0.768. The number of carbonyl (C=O) groups excluding carboxylic acids is 1. The first kappa shape index (κ1) is 18.3. The van der Waals surface area contributed by atoms with E-state index in [1.165, 1.54) is 30.2 Å². The van der Waals surface area contributed by atoms with Crippen molar-refractivity contribution >= 4 is 17.7 Å². The molecule has 0 aliphatic heterocycles. The predicted molar refractivity (Wildman–Crippen MR) is 82.5 cm³/mol. The number of halogens is 3. The summed E-state index contributed by atoms with van der Waals surface area (Å²) < 4.78 is 40.1. The van der Waals surface area contributed by atoms with Crippen LogP contribution in [-0.4, -0.2) is 45.4 Å². The highest BCUT2D eigenvalue weighted by Crippen LogP contribution is 2.33. The number of nitrogens with one attached hydrogen (secondary N) is 1. The van der Waals surface area contributed by atoms with E-state index < -0.39 is 23.7 Å². The molecule has 0 unspecified atom stereocenters. The third-order valence-corrected chi connectivity index (χ3v) is 3.32. The Kier molecular flexibility index (Phi) is 5.30. The van der Waals surface area contributed by atoms with Crippen LogP contribution < -0.4 is 5.32 Å². The summed E-state index contributed by atoms with van der Waals surface area (Å²) in [5.74, 6) is -1.09. The number of benzene rings is 1. The van der Waals surface area contributed by atoms with Crippen molar-refractivity contribution in [1.82, 2.24) is 14.7 Å². The molecule has 0 saturated carbocycles. The number of rotatable bonds is 5. The molecule has 0 fully saturated rings. The van der Waals surface area contributed by atoms with E-state index in [0.29, 0.717) is 0 Å². The summed E-state index contributed by atoms with van der Waals surface area (Å²) in [7, 11) is 1.35. The quantitative estimate of drug-likeness (QED) is 0.862. The molecule has 2 amide bonds. The van der Waals surface area contributed by atoms with Crippen LogP contribution >= 0.6 is 0 Å². The molecule has 1 heterocycles. The molecular weight excluding hydrogens is 341 g/mol. The van der Waals surface area contributed by atoms with Crippen LogP contribution in [0.2, 0.25) is 0 Å². The van der Waals surface area contributed by atoms with E-state index in [2.05, 4.69) is 10.4 Å². The number of hydrogen-bond donors (Lipinski definition) is 2. The Morgan fingerprint density at radius 1 is 1.36 bits per heavy atom. The molecule has 2 N–H and O–H groups in total. The summed E-state index contributed by atoms with van der Waals surface area (Å²) in [6.07, 6.45) is -1.88. The molecule has 0 atom stereocenters. The monoisotopic (exact) mass is 356 g/mol. The maximum atomic E-state index is 12.9. The third kappa shape index (κ3) is 4.72. The molecule has 0 spiro atoms. The van der Waals surface area contributed by atoms with Crippen LogP contribution in [0.15, 0.2) is 36.7 Å². The number of carboxylic acids is 1. The molecule has 1 aromatic carbocycles. The Morgan fingerprint density at radius 2 is 2.08 bits per heavy atom. The van der Waals surface area contributed by atoms with Crippen LogP contribution in [0.1, 0.15) is 12.0 Å². The molecule has 134 valence electrons. The fourth-order valence-electron chi connectivity index (χ4n) is 2.00. The Morgan fingerprint density at radius 3 is 2.64 bits per heavy atom. The zero-order valence-corrected chi connectivity index (χ0v) is 13.1. The lowest BCUT2D eigenvalue weighted by Crippen LogP contribution is -2.33. The zero-order valence-electron chi connectivity index (χ0n) is 13.1. The Bertz CT molecular complexity index is 760. The molecule has 10 heteroatoms. The second kappa shape index (κ2) is 7.24. The van der Waals surface area contributed by atoms with Crippen LogP contribution in [-0.2, 0) is 11.0 Å². The zero-order chi connectivity index (χ0) is 18.6. The minimum atomic E-state index is -4.57. The molecule has 0 bridgehead atoms. The topological polar surface area (TPSA) is 87.5 Å². The van der Waals surface area contributed by atoms with Crippen molar-refractivity contribution in [3.05, 3.63) is 42.2 Å². The van der Waals surface area contributed by atoms with Gasteiger partial charge < -0.3 is 15.3 Å². The lowest BCUT2D eigenvalue weighted by Gasteiger charge is -2.19. The van der Waals surface area contributed by atoms with E-state index in [-0.39, 0.29) is 24.3 Å². The Hall–Kier alpha value is -3.04. The highest BCUT2D eigenvalue weighted by Gasteiger charge is 2.31. The number of alkyl halides is 3. The van der Waals surface area contributed by atoms with Crippen LogP contribution in [0.25, 0.3) is 5.69 Å². The van der Waals surface area contributed by atoms with Crippen molar-refractivity contribution in [2.24, 2.45) is 0 Å². The number of carbonyl (C=O) groups is 2. The molecule has 25 heavy (non-hydrogen) atoms. The Balaban J connectivity index is 2.30. The third-order valence-electron chi connectivity index (χ3n) is 3.32. The lowest BCUT2D eigenvalue weighted by atomic mass is 10.1. The summed E-state index contributed by atoms with van der Waals surface area (Å²) in [4.78, 5) is 23.7. The minimum absolute atomic E-state index is 0.0861. The molecule has 0 aliphatic carbocycles. The smallest absolute Gasteiger partial charge is 0.416 e. The SMILES string of the molecule is CN(CCC(=O)O)C(=O)Nc1cc(C(F)(F)F)ccc1-n1cccn1. The average Bonchev–Trinajstić information content (AvgIpc) is 3.05. The predicted octanol–water partition coefficient (Wildman–Crippen LogP) is 2.83. The van der Waals surface area contributed by atoms with Crippen LogP contribution in [0.3, 0.4) is 0 Å². The number of anilines is 1. The number of urea groups is 1. The van der Waals surface area contributed by atoms with E-state index in [1.54, 1.807) is 6.07 Å². The van der Waals surface area contributed by atoms with Crippen molar-refractivity contribution in [3.63, 3.8) is 0 Å². The number of aromatic nitrogens is 2. The Labute approximate surface area is 140 Å². The fraction of sp³-hybridized carbons (Fsp3) is 0.267. The first-order valence-corrected chi connectivity index (χ1v) is 7.13. The first-order chi connectivity index (χ1) is 11.7. The van der Waals surface area contributed by atoms with Crippen LogP contribution in [0.5, 0.6) is 0 Å². The summed E-state index contributed by atoms with van der Waals surface area (Å²) in [5, 5.41) is 14.9. The van der Waals surface area contributed by atoms with Gasteiger partial charge in [-0.2, -0.15) is 18.3 Å². The minimum Gasteiger partial charge on any atom is -0.481 e. The van der Waals surface area contributed by atoms with Crippen molar-refractivity contribution in [1.29, 1.82) is 0 Å². The van der Waals surface area contributed by atoms with Crippen molar-refractivity contribution < 1.29 is 27.9 Å². The molecule has 2 rings (SSSR count). The average molecular weight is 356 g/mol. The van der Waals surface area contributed by atoms with E-state index >= 15 is 0 Å². The summed E-state index contributed by atoms with van der Waals surface area (Å²) >= 11 is 0. The molecule has 2 aromatic rings. The maximum Gasteiger partial charge on any atom is 0.416 e. The number of hydrogen-bond acceptors (Lipinski definition) is 3. The standard InChI is InChI=1S/C15H15F3N4O3/c1-21(8-5-13(23)24)14(25)20-11-9-10(15(16,17)18)3-4-12(11)22-7-2-6-19-22/h2-4,6-7,9H,5,8H2,1H3,(H,20,25)(H,23,24). The van der Waals surface area contributed by atoms with Gasteiger partial charge in [0.25, 0.3) is 0 Å². The number of nitrogens with zero attached hydrogens (tertiary/aromatic N) is 3. The molecule has 1 aromatic heterocycles. The normalized spacial score (nSPS) is 11.2. The highest BCUT2D eigenvalue weighted by molar-refractivity contribution is 5.91. The van der Waals surface area contributed by atoms with Crippen LogP contribution in [0, 0.1) is 0 Å². The second-order valence-electron chi connectivity index (χ2n) is 5.18. The summed E-state index contributed by atoms with van der Waals surface area (Å²) in [6.45, 7) is -0.0861. The maximum absolute atomic E-state index is 12.9. The van der Waals surface area contributed by atoms with Gasteiger partial charge in [0.1, 0.15) is 0 Å². The van der Waals surface area contributed by atoms with Gasteiger partial charge in [0.05, 0.1) is 23.4 Å². The fourth-order valence-corrected chi connectivity index (χ4v) is 2.00. The van der Waals surface area contributed by atoms with Gasteiger partial charge in [-0.05, 0) is 24.3 Å². The van der Waals surface area contributed by atoms with Crippen molar-refractivity contribution in [2.45, 2.75) is 12.6 Å². The molecular formula is C15H15F3N4O3. The number of aliphatic carboxylic acids is 1. The largest absolute Gasteiger partial charge is 0.481 e. The van der Waals surface area contributed by atoms with Gasteiger partial charge in [0.2, 0.25) is 0 Å². The molecule has 7 nitrogen and oxygen atoms in total. The van der Waals surface area contributed by atoms with Crippen molar-refractivity contribution in [2.75, 3.05) is 18.9 Å². The van der Waals surface area contributed by atoms with Gasteiger partial charge in [-0.3, -0.25) is 4.79 Å². The number of amides is 2. The van der Waals surface area contributed by atoms with Gasteiger partial charge in [0.15, 0.2) is 0 Å². The molecule has 0 radical (unpaired) electrons. The van der Waals surface area contributed by atoms with Gasteiger partial charge in [0, 0.05) is 26.0 Å². The van der Waals surface area contributed by atoms with Gasteiger partial charge in [-0.25, -0.2) is 9.48 Å². The highest BCUT2D eigenvalue weighted by atomic mass is 19.4. The van der Waals surface area contributed by atoms with Gasteiger partial charge in [-0.15, -0.1) is 0 Å². The first-order valence-electron chi connectivity index (χ1n) is 7.13. The van der Waals surface area contributed by atoms with Gasteiger partial charge in [-0.1, -0.05) is 0 Å². The summed E-state index contributed by atoms with van der Waals surface area (Å²) in [6, 6.07) is 3.75. The van der Waals surface area contributed by atoms with Crippen LogP contribution in [0.4, 0.5) is 23.7 Å². The van der Waals surface area contributed by atoms with E-state index in [9.17, 15) is 22.8 Å². The van der Waals surface area contributed by atoms with Crippen molar-refractivity contribution in [3.8, 4) is 5.69 Å². The molecule has 0 aliphatic rings. The van der Waals surface area contributed by atoms with Gasteiger partial charge >= 0.3 is 18.2 Å². The lowest BCUT2D eigenvalue weighted by molar-refractivity contribution is -0.138. The number of carboxylic acid groups (broad SMARTS) is 1. The molecule has 0 saturated heterocycles. The van der Waals surface area contributed by atoms with E-state index in [0.717, 1.165) is 17.0 Å². The second-order valence-corrected chi connectivity index (χ2v) is 5.18. The van der Waals surface area contributed by atoms with E-state index in [1.807, 2.05) is 0 Å². The van der Waals surface area contributed by atoms with E-state index in [4.69, 9.17) is 5.11 Å².